The standard InChI is InChI=1S/C7H12N2O/c1-3-5(2)9-4-6(8)7(9)10/h3,5-6H,1,4,8H2,2H3. The molecular weight excluding hydrogens is 128 g/mol. The number of hydrogen-bond acceptors (Lipinski definition) is 2. The molecule has 2 unspecified atom stereocenters. The van der Waals surface area contributed by atoms with Crippen LogP contribution in [-0.4, -0.2) is 29.4 Å². The molecule has 10 heavy (non-hydrogen) atoms. The van der Waals surface area contributed by atoms with Crippen molar-refractivity contribution >= 4 is 5.91 Å². The Morgan fingerprint density at radius 3 is 2.90 bits per heavy atom. The maximum absolute atomic E-state index is 10.9. The first-order chi connectivity index (χ1) is 4.66. The van der Waals surface area contributed by atoms with E-state index in [-0.39, 0.29) is 18.0 Å². The Morgan fingerprint density at radius 2 is 2.60 bits per heavy atom. The molecule has 1 heterocycles. The van der Waals surface area contributed by atoms with Crippen molar-refractivity contribution in [2.24, 2.45) is 5.73 Å². The third-order valence-corrected chi connectivity index (χ3v) is 1.83. The van der Waals surface area contributed by atoms with E-state index in [4.69, 9.17) is 5.73 Å². The molecular formula is C7H12N2O. The molecule has 3 heteroatoms. The second-order valence-electron chi connectivity index (χ2n) is 2.57. The van der Waals surface area contributed by atoms with Crippen LogP contribution in [0.4, 0.5) is 0 Å². The van der Waals surface area contributed by atoms with Crippen molar-refractivity contribution in [2.75, 3.05) is 6.54 Å². The average molecular weight is 140 g/mol. The zero-order valence-corrected chi connectivity index (χ0v) is 6.08. The molecule has 1 saturated heterocycles. The van der Waals surface area contributed by atoms with Crippen LogP contribution in [-0.2, 0) is 4.79 Å². The summed E-state index contributed by atoms with van der Waals surface area (Å²) >= 11 is 0. The zero-order chi connectivity index (χ0) is 7.72. The first kappa shape index (κ1) is 7.28. The first-order valence-electron chi connectivity index (χ1n) is 3.35. The molecule has 1 aliphatic rings. The molecule has 2 N–H and O–H groups in total. The molecule has 0 aromatic carbocycles. The molecule has 3 nitrogen and oxygen atoms in total. The van der Waals surface area contributed by atoms with Crippen LogP contribution >= 0.6 is 0 Å². The van der Waals surface area contributed by atoms with Crippen molar-refractivity contribution in [3.63, 3.8) is 0 Å². The number of rotatable bonds is 2. The predicted octanol–water partition coefficient (Wildman–Crippen LogP) is -0.270. The van der Waals surface area contributed by atoms with Gasteiger partial charge in [0.1, 0.15) is 6.04 Å². The van der Waals surface area contributed by atoms with Gasteiger partial charge in [0.15, 0.2) is 0 Å². The van der Waals surface area contributed by atoms with E-state index in [9.17, 15) is 4.79 Å². The van der Waals surface area contributed by atoms with E-state index in [1.165, 1.54) is 0 Å². The van der Waals surface area contributed by atoms with Crippen LogP contribution in [0.15, 0.2) is 12.7 Å². The van der Waals surface area contributed by atoms with Gasteiger partial charge in [-0.2, -0.15) is 0 Å². The molecule has 1 amide bonds. The van der Waals surface area contributed by atoms with E-state index in [0.717, 1.165) is 0 Å². The molecule has 0 spiro atoms. The van der Waals surface area contributed by atoms with Crippen molar-refractivity contribution in [1.82, 2.24) is 4.90 Å². The Balaban J connectivity index is 2.47. The highest BCUT2D eigenvalue weighted by Crippen LogP contribution is 2.12. The maximum atomic E-state index is 10.9. The number of carbonyl (C=O) groups excluding carboxylic acids is 1. The predicted molar refractivity (Wildman–Crippen MR) is 39.3 cm³/mol. The van der Waals surface area contributed by atoms with Crippen molar-refractivity contribution in [2.45, 2.75) is 19.0 Å². The van der Waals surface area contributed by atoms with Gasteiger partial charge in [-0.15, -0.1) is 6.58 Å². The molecule has 1 rings (SSSR count). The maximum Gasteiger partial charge on any atom is 0.241 e. The number of β-lactam (4-membered cyclic amide) rings is 1. The van der Waals surface area contributed by atoms with Crippen LogP contribution in [0.5, 0.6) is 0 Å². The lowest BCUT2D eigenvalue weighted by molar-refractivity contribution is -0.143. The Morgan fingerprint density at radius 1 is 2.00 bits per heavy atom. The topological polar surface area (TPSA) is 46.3 Å². The van der Waals surface area contributed by atoms with Gasteiger partial charge in [0.2, 0.25) is 5.91 Å². The average Bonchev–Trinajstić information content (AvgIpc) is 1.98. The highest BCUT2D eigenvalue weighted by molar-refractivity contribution is 5.88. The number of likely N-dealkylation sites (tertiary alicyclic amines) is 1. The van der Waals surface area contributed by atoms with Gasteiger partial charge >= 0.3 is 0 Å². The molecule has 0 aromatic rings. The fraction of sp³-hybridized carbons (Fsp3) is 0.571. The summed E-state index contributed by atoms with van der Waals surface area (Å²) < 4.78 is 0. The number of nitrogens with two attached hydrogens (primary N) is 1. The molecule has 0 bridgehead atoms. The summed E-state index contributed by atoms with van der Waals surface area (Å²) in [6.07, 6.45) is 1.74. The van der Waals surface area contributed by atoms with Gasteiger partial charge in [0.25, 0.3) is 0 Å². The monoisotopic (exact) mass is 140 g/mol. The van der Waals surface area contributed by atoms with Crippen LogP contribution in [0.25, 0.3) is 0 Å². The van der Waals surface area contributed by atoms with Crippen molar-refractivity contribution in [3.05, 3.63) is 12.7 Å². The second-order valence-corrected chi connectivity index (χ2v) is 2.57. The molecule has 0 aliphatic carbocycles. The highest BCUT2D eigenvalue weighted by Gasteiger charge is 2.35. The molecule has 1 aliphatic heterocycles. The van der Waals surface area contributed by atoms with Crippen molar-refractivity contribution in [1.29, 1.82) is 0 Å². The van der Waals surface area contributed by atoms with Gasteiger partial charge in [0.05, 0.1) is 0 Å². The van der Waals surface area contributed by atoms with Crippen LogP contribution in [0.3, 0.4) is 0 Å². The van der Waals surface area contributed by atoms with Gasteiger partial charge in [-0.3, -0.25) is 4.79 Å². The normalized spacial score (nSPS) is 27.6. The van der Waals surface area contributed by atoms with Gasteiger partial charge in [-0.05, 0) is 6.92 Å². The Hall–Kier alpha value is -0.830. The van der Waals surface area contributed by atoms with Crippen LogP contribution in [0, 0.1) is 0 Å². The van der Waals surface area contributed by atoms with Crippen LogP contribution in [0.1, 0.15) is 6.92 Å². The largest absolute Gasteiger partial charge is 0.333 e. The number of hydrogen-bond donors (Lipinski definition) is 1. The van der Waals surface area contributed by atoms with E-state index < -0.39 is 0 Å². The molecule has 2 atom stereocenters. The Bertz CT molecular complexity index is 167. The van der Waals surface area contributed by atoms with E-state index in [0.29, 0.717) is 6.54 Å². The minimum atomic E-state index is -0.262. The summed E-state index contributed by atoms with van der Waals surface area (Å²) in [6.45, 7) is 6.19. The third kappa shape index (κ3) is 0.926. The van der Waals surface area contributed by atoms with E-state index in [1.54, 1.807) is 11.0 Å². The van der Waals surface area contributed by atoms with Crippen molar-refractivity contribution < 1.29 is 4.79 Å². The number of carbonyl (C=O) groups is 1. The molecule has 0 radical (unpaired) electrons. The molecule has 56 valence electrons. The summed E-state index contributed by atoms with van der Waals surface area (Å²) in [5.41, 5.74) is 5.38. The molecule has 1 fully saturated rings. The summed E-state index contributed by atoms with van der Waals surface area (Å²) in [5.74, 6) is 0.0346. The fourth-order valence-corrected chi connectivity index (χ4v) is 0.975. The number of nitrogens with zero attached hydrogens (tertiary/aromatic N) is 1. The van der Waals surface area contributed by atoms with Crippen LogP contribution < -0.4 is 5.73 Å². The lowest BCUT2D eigenvalue weighted by Gasteiger charge is -2.39. The number of amides is 1. The minimum absolute atomic E-state index is 0.0346. The van der Waals surface area contributed by atoms with E-state index in [2.05, 4.69) is 6.58 Å². The van der Waals surface area contributed by atoms with Crippen molar-refractivity contribution in [3.8, 4) is 0 Å². The smallest absolute Gasteiger partial charge is 0.241 e. The third-order valence-electron chi connectivity index (χ3n) is 1.83. The molecule has 0 aromatic heterocycles. The highest BCUT2D eigenvalue weighted by atomic mass is 16.2. The van der Waals surface area contributed by atoms with Crippen LogP contribution in [0.2, 0.25) is 0 Å². The SMILES string of the molecule is C=CC(C)N1CC(N)C1=O. The van der Waals surface area contributed by atoms with Gasteiger partial charge in [-0.1, -0.05) is 6.08 Å². The minimum Gasteiger partial charge on any atom is -0.333 e. The summed E-state index contributed by atoms with van der Waals surface area (Å²) in [4.78, 5) is 12.6. The fourth-order valence-electron chi connectivity index (χ4n) is 0.975. The summed E-state index contributed by atoms with van der Waals surface area (Å²) in [5, 5.41) is 0. The van der Waals surface area contributed by atoms with Gasteiger partial charge < -0.3 is 10.6 Å². The summed E-state index contributed by atoms with van der Waals surface area (Å²) in [6, 6.07) is -0.130. The second kappa shape index (κ2) is 2.42. The Labute approximate surface area is 60.5 Å². The van der Waals surface area contributed by atoms with E-state index >= 15 is 0 Å². The summed E-state index contributed by atoms with van der Waals surface area (Å²) in [7, 11) is 0. The van der Waals surface area contributed by atoms with E-state index in [1.807, 2.05) is 6.92 Å². The lowest BCUT2D eigenvalue weighted by atomic mass is 10.1. The lowest BCUT2D eigenvalue weighted by Crippen LogP contribution is -2.63. The van der Waals surface area contributed by atoms with Gasteiger partial charge in [0, 0.05) is 12.6 Å². The van der Waals surface area contributed by atoms with Gasteiger partial charge in [-0.25, -0.2) is 0 Å². The quantitative estimate of drug-likeness (QED) is 0.424. The zero-order valence-electron chi connectivity index (χ0n) is 6.08. The first-order valence-corrected chi connectivity index (χ1v) is 3.35. The Kier molecular flexibility index (Phi) is 1.76. The molecule has 0 saturated carbocycles.